The van der Waals surface area contributed by atoms with E-state index in [0.717, 1.165) is 0 Å². The zero-order valence-electron chi connectivity index (χ0n) is 13.7. The molecule has 2 N–H and O–H groups in total. The summed E-state index contributed by atoms with van der Waals surface area (Å²) in [6, 6.07) is 13.7. The maximum atomic E-state index is 12.2. The van der Waals surface area contributed by atoms with Crippen LogP contribution in [-0.2, 0) is 0 Å². The lowest BCUT2D eigenvalue weighted by Gasteiger charge is -2.11. The largest absolute Gasteiger partial charge is 0.491 e. The van der Waals surface area contributed by atoms with Gasteiger partial charge in [0, 0.05) is 11.3 Å². The summed E-state index contributed by atoms with van der Waals surface area (Å²) < 4.78 is 10.8. The standard InChI is InChI=1S/C19H20ClNO4/c1-2-11-24-17-7-3-14(4-8-17)19(23)21-15-5-9-18(10-6-15)25-13-16(22)12-20/h2-10,16,22H,1,11-13H2,(H,21,23). The van der Waals surface area contributed by atoms with E-state index < -0.39 is 6.10 Å². The van der Waals surface area contributed by atoms with Crippen molar-refractivity contribution in [1.29, 1.82) is 0 Å². The van der Waals surface area contributed by atoms with Gasteiger partial charge in [-0.05, 0) is 48.5 Å². The summed E-state index contributed by atoms with van der Waals surface area (Å²) in [7, 11) is 0. The van der Waals surface area contributed by atoms with Crippen LogP contribution in [0.4, 0.5) is 5.69 Å². The second-order valence-electron chi connectivity index (χ2n) is 5.22. The Kier molecular flexibility index (Phi) is 7.32. The molecule has 0 heterocycles. The van der Waals surface area contributed by atoms with Crippen molar-refractivity contribution in [3.05, 3.63) is 66.7 Å². The summed E-state index contributed by atoms with van der Waals surface area (Å²) in [5, 5.41) is 12.2. The first-order chi connectivity index (χ1) is 12.1. The maximum Gasteiger partial charge on any atom is 0.255 e. The van der Waals surface area contributed by atoms with E-state index >= 15 is 0 Å². The number of alkyl halides is 1. The van der Waals surface area contributed by atoms with E-state index in [0.29, 0.717) is 29.4 Å². The molecule has 0 aromatic heterocycles. The van der Waals surface area contributed by atoms with Crippen LogP contribution >= 0.6 is 11.6 Å². The van der Waals surface area contributed by atoms with Crippen LogP contribution in [0.25, 0.3) is 0 Å². The monoisotopic (exact) mass is 361 g/mol. The topological polar surface area (TPSA) is 67.8 Å². The van der Waals surface area contributed by atoms with Crippen molar-refractivity contribution in [2.75, 3.05) is 24.4 Å². The van der Waals surface area contributed by atoms with E-state index in [2.05, 4.69) is 11.9 Å². The fourth-order valence-corrected chi connectivity index (χ4v) is 2.02. The van der Waals surface area contributed by atoms with Gasteiger partial charge in [0.2, 0.25) is 0 Å². The second kappa shape index (κ2) is 9.71. The van der Waals surface area contributed by atoms with Crippen molar-refractivity contribution in [1.82, 2.24) is 0 Å². The molecule has 0 bridgehead atoms. The zero-order chi connectivity index (χ0) is 18.1. The van der Waals surface area contributed by atoms with E-state index in [9.17, 15) is 9.90 Å². The molecule has 6 heteroatoms. The molecule has 0 aliphatic heterocycles. The summed E-state index contributed by atoms with van der Waals surface area (Å²) in [5.41, 5.74) is 1.17. The van der Waals surface area contributed by atoms with Crippen LogP contribution in [-0.4, -0.2) is 36.2 Å². The van der Waals surface area contributed by atoms with Gasteiger partial charge in [-0.25, -0.2) is 0 Å². The lowest BCUT2D eigenvalue weighted by Crippen LogP contribution is -2.18. The van der Waals surface area contributed by atoms with Gasteiger partial charge in [0.15, 0.2) is 0 Å². The van der Waals surface area contributed by atoms with Gasteiger partial charge >= 0.3 is 0 Å². The van der Waals surface area contributed by atoms with Crippen LogP contribution in [0.1, 0.15) is 10.4 Å². The van der Waals surface area contributed by atoms with E-state index in [-0.39, 0.29) is 18.4 Å². The van der Waals surface area contributed by atoms with Crippen LogP contribution in [0.2, 0.25) is 0 Å². The van der Waals surface area contributed by atoms with Gasteiger partial charge in [-0.2, -0.15) is 0 Å². The van der Waals surface area contributed by atoms with Crippen molar-refractivity contribution < 1.29 is 19.4 Å². The average Bonchev–Trinajstić information content (AvgIpc) is 2.65. The predicted octanol–water partition coefficient (Wildman–Crippen LogP) is 3.48. The Morgan fingerprint density at radius 2 is 1.72 bits per heavy atom. The average molecular weight is 362 g/mol. The van der Waals surface area contributed by atoms with Gasteiger partial charge < -0.3 is 19.9 Å². The molecule has 0 radical (unpaired) electrons. The maximum absolute atomic E-state index is 12.2. The van der Waals surface area contributed by atoms with Crippen molar-refractivity contribution in [3.63, 3.8) is 0 Å². The molecule has 0 aliphatic carbocycles. The SMILES string of the molecule is C=CCOc1ccc(C(=O)Nc2ccc(OCC(O)CCl)cc2)cc1. The quantitative estimate of drug-likeness (QED) is 0.530. The minimum absolute atomic E-state index is 0.117. The fraction of sp³-hybridized carbons (Fsp3) is 0.211. The third-order valence-electron chi connectivity index (χ3n) is 3.22. The van der Waals surface area contributed by atoms with Crippen molar-refractivity contribution in [2.45, 2.75) is 6.10 Å². The Bertz CT molecular complexity index is 686. The van der Waals surface area contributed by atoms with Gasteiger partial charge in [-0.1, -0.05) is 12.7 Å². The Labute approximate surface area is 151 Å². The summed E-state index contributed by atoms with van der Waals surface area (Å²) in [6.45, 7) is 4.12. The molecule has 1 atom stereocenters. The lowest BCUT2D eigenvalue weighted by atomic mass is 10.2. The number of nitrogens with one attached hydrogen (secondary N) is 1. The Balaban J connectivity index is 1.90. The molecule has 0 saturated heterocycles. The highest BCUT2D eigenvalue weighted by molar-refractivity contribution is 6.18. The normalized spacial score (nSPS) is 11.4. The molecule has 1 unspecified atom stereocenters. The number of ether oxygens (including phenoxy) is 2. The molecule has 0 spiro atoms. The number of hydrogen-bond donors (Lipinski definition) is 2. The number of rotatable bonds is 9. The van der Waals surface area contributed by atoms with Crippen LogP contribution in [0.5, 0.6) is 11.5 Å². The van der Waals surface area contributed by atoms with Gasteiger partial charge in [-0.3, -0.25) is 4.79 Å². The lowest BCUT2D eigenvalue weighted by molar-refractivity contribution is 0.102. The number of carbonyl (C=O) groups is 1. The highest BCUT2D eigenvalue weighted by atomic mass is 35.5. The number of anilines is 1. The molecule has 2 rings (SSSR count). The van der Waals surface area contributed by atoms with Gasteiger partial charge in [0.25, 0.3) is 5.91 Å². The van der Waals surface area contributed by atoms with Crippen LogP contribution in [0.3, 0.4) is 0 Å². The highest BCUT2D eigenvalue weighted by Crippen LogP contribution is 2.18. The summed E-state index contributed by atoms with van der Waals surface area (Å²) in [5.74, 6) is 1.16. The van der Waals surface area contributed by atoms with Crippen LogP contribution in [0.15, 0.2) is 61.2 Å². The zero-order valence-corrected chi connectivity index (χ0v) is 14.4. The molecule has 132 valence electrons. The van der Waals surface area contributed by atoms with Gasteiger partial charge in [-0.15, -0.1) is 11.6 Å². The minimum Gasteiger partial charge on any atom is -0.491 e. The molecular weight excluding hydrogens is 342 g/mol. The molecule has 1 amide bonds. The first-order valence-corrected chi connectivity index (χ1v) is 8.28. The molecular formula is C19H20ClNO4. The number of carbonyl (C=O) groups excluding carboxylic acids is 1. The number of benzene rings is 2. The third-order valence-corrected chi connectivity index (χ3v) is 3.57. The number of halogens is 1. The molecule has 2 aromatic rings. The Hall–Kier alpha value is -2.50. The number of hydrogen-bond acceptors (Lipinski definition) is 4. The predicted molar refractivity (Wildman–Crippen MR) is 98.8 cm³/mol. The molecule has 0 saturated carbocycles. The van der Waals surface area contributed by atoms with Crippen LogP contribution in [0, 0.1) is 0 Å². The van der Waals surface area contributed by atoms with Crippen molar-refractivity contribution in [2.24, 2.45) is 0 Å². The van der Waals surface area contributed by atoms with Gasteiger partial charge in [0.1, 0.15) is 30.8 Å². The number of aliphatic hydroxyl groups is 1. The van der Waals surface area contributed by atoms with Gasteiger partial charge in [0.05, 0.1) is 5.88 Å². The molecule has 2 aromatic carbocycles. The summed E-state index contributed by atoms with van der Waals surface area (Å²) >= 11 is 5.50. The third kappa shape index (κ3) is 6.14. The molecule has 5 nitrogen and oxygen atoms in total. The first kappa shape index (κ1) is 18.8. The number of aliphatic hydroxyl groups excluding tert-OH is 1. The van der Waals surface area contributed by atoms with E-state index in [4.69, 9.17) is 21.1 Å². The minimum atomic E-state index is -0.709. The number of amides is 1. The van der Waals surface area contributed by atoms with Crippen molar-refractivity contribution >= 4 is 23.2 Å². The van der Waals surface area contributed by atoms with E-state index in [1.807, 2.05) is 0 Å². The Morgan fingerprint density at radius 3 is 2.32 bits per heavy atom. The summed E-state index contributed by atoms with van der Waals surface area (Å²) in [6.07, 6.45) is 0.948. The molecule has 0 aliphatic rings. The smallest absolute Gasteiger partial charge is 0.255 e. The molecule has 25 heavy (non-hydrogen) atoms. The fourth-order valence-electron chi connectivity index (χ4n) is 1.93. The van der Waals surface area contributed by atoms with E-state index in [1.165, 1.54) is 0 Å². The van der Waals surface area contributed by atoms with Crippen molar-refractivity contribution in [3.8, 4) is 11.5 Å². The van der Waals surface area contributed by atoms with Crippen LogP contribution < -0.4 is 14.8 Å². The Morgan fingerprint density at radius 1 is 1.12 bits per heavy atom. The second-order valence-corrected chi connectivity index (χ2v) is 5.53. The summed E-state index contributed by atoms with van der Waals surface area (Å²) in [4.78, 5) is 12.2. The van der Waals surface area contributed by atoms with E-state index in [1.54, 1.807) is 54.6 Å². The highest BCUT2D eigenvalue weighted by Gasteiger charge is 2.07. The first-order valence-electron chi connectivity index (χ1n) is 7.74. The molecule has 0 fully saturated rings.